The van der Waals surface area contributed by atoms with Crippen LogP contribution in [0, 0.1) is 17.8 Å². The third-order valence-electron chi connectivity index (χ3n) is 3.99. The molecular formula is C17H16ClN5. The second-order valence-electron chi connectivity index (χ2n) is 5.83. The minimum Gasteiger partial charge on any atom is -0.384 e. The molecule has 2 heterocycles. The van der Waals surface area contributed by atoms with Gasteiger partial charge in [0.05, 0.1) is 16.4 Å². The summed E-state index contributed by atoms with van der Waals surface area (Å²) in [5, 5.41) is 2.74. The Labute approximate surface area is 139 Å². The molecule has 0 atom stereocenters. The number of benzene rings is 1. The Morgan fingerprint density at radius 2 is 2.17 bits per heavy atom. The molecule has 4 rings (SSSR count). The van der Waals surface area contributed by atoms with Crippen molar-refractivity contribution in [1.82, 2.24) is 10.5 Å². The van der Waals surface area contributed by atoms with E-state index in [0.717, 1.165) is 35.0 Å². The number of hydrogen-bond donors (Lipinski definition) is 3. The summed E-state index contributed by atoms with van der Waals surface area (Å²) in [4.78, 5) is 3.96. The lowest BCUT2D eigenvalue weighted by Gasteiger charge is -2.17. The molecule has 23 heavy (non-hydrogen) atoms. The first-order chi connectivity index (χ1) is 11.2. The molecule has 1 saturated carbocycles. The van der Waals surface area contributed by atoms with Gasteiger partial charge in [0.15, 0.2) is 0 Å². The first-order valence-electron chi connectivity index (χ1n) is 7.56. The molecule has 0 saturated heterocycles. The van der Waals surface area contributed by atoms with Crippen LogP contribution in [0.5, 0.6) is 0 Å². The van der Waals surface area contributed by atoms with E-state index in [2.05, 4.69) is 32.8 Å². The van der Waals surface area contributed by atoms with E-state index in [1.54, 1.807) is 12.3 Å². The second-order valence-corrected chi connectivity index (χ2v) is 6.21. The predicted molar refractivity (Wildman–Crippen MR) is 92.9 cm³/mol. The molecular weight excluding hydrogens is 310 g/mol. The number of nitrogens with two attached hydrogens (primary N) is 1. The van der Waals surface area contributed by atoms with Gasteiger partial charge in [-0.15, -0.1) is 5.53 Å². The summed E-state index contributed by atoms with van der Waals surface area (Å²) in [6.45, 7) is 0.998. The number of nitrogen functional groups attached to an aromatic ring is 1. The van der Waals surface area contributed by atoms with Gasteiger partial charge in [-0.3, -0.25) is 5.01 Å². The Kier molecular flexibility index (Phi) is 3.49. The van der Waals surface area contributed by atoms with Crippen LogP contribution in [0.3, 0.4) is 0 Å². The van der Waals surface area contributed by atoms with E-state index in [1.165, 1.54) is 12.8 Å². The lowest BCUT2D eigenvalue weighted by Crippen LogP contribution is -2.37. The van der Waals surface area contributed by atoms with Gasteiger partial charge in [-0.05, 0) is 43.0 Å². The molecule has 1 aromatic heterocycles. The molecule has 0 unspecified atom stereocenters. The number of halogens is 1. The van der Waals surface area contributed by atoms with Crippen molar-refractivity contribution in [3.63, 3.8) is 0 Å². The van der Waals surface area contributed by atoms with E-state index in [9.17, 15) is 0 Å². The van der Waals surface area contributed by atoms with Crippen LogP contribution in [0.25, 0.3) is 0 Å². The molecule has 2 aromatic rings. The van der Waals surface area contributed by atoms with Crippen molar-refractivity contribution >= 4 is 28.8 Å². The smallest absolute Gasteiger partial charge is 0.124 e. The zero-order chi connectivity index (χ0) is 15.8. The summed E-state index contributed by atoms with van der Waals surface area (Å²) in [7, 11) is 0. The van der Waals surface area contributed by atoms with Crippen LogP contribution in [0.2, 0.25) is 5.02 Å². The highest BCUT2D eigenvalue weighted by Gasteiger charge is 2.29. The molecule has 0 radical (unpaired) electrons. The van der Waals surface area contributed by atoms with E-state index in [1.807, 2.05) is 18.2 Å². The number of pyridine rings is 1. The lowest BCUT2D eigenvalue weighted by molar-refractivity contribution is 0.674. The maximum Gasteiger partial charge on any atom is 0.124 e. The monoisotopic (exact) mass is 325 g/mol. The average Bonchev–Trinajstić information content (AvgIpc) is 3.26. The van der Waals surface area contributed by atoms with Crippen LogP contribution < -0.4 is 21.7 Å². The first-order valence-corrected chi connectivity index (χ1v) is 7.94. The fourth-order valence-corrected chi connectivity index (χ4v) is 2.81. The minimum atomic E-state index is 0.457. The SMILES string of the molecule is Nc1cc(C#Cc2ccc3c(c2Cl)NNN3CC2CC2)ccn1. The number of hydrogen-bond acceptors (Lipinski definition) is 5. The largest absolute Gasteiger partial charge is 0.384 e. The molecule has 4 N–H and O–H groups in total. The third-order valence-corrected chi connectivity index (χ3v) is 4.38. The second kappa shape index (κ2) is 5.65. The fourth-order valence-electron chi connectivity index (χ4n) is 2.56. The van der Waals surface area contributed by atoms with Gasteiger partial charge >= 0.3 is 0 Å². The molecule has 5 nitrogen and oxygen atoms in total. The number of hydrazine groups is 2. The Morgan fingerprint density at radius 3 is 2.96 bits per heavy atom. The van der Waals surface area contributed by atoms with Crippen molar-refractivity contribution in [3.8, 4) is 11.8 Å². The molecule has 0 amide bonds. The Morgan fingerprint density at radius 1 is 1.30 bits per heavy atom. The van der Waals surface area contributed by atoms with Crippen molar-refractivity contribution in [3.05, 3.63) is 46.6 Å². The Hall–Kier alpha value is -2.42. The van der Waals surface area contributed by atoms with Crippen LogP contribution in [0.4, 0.5) is 17.2 Å². The summed E-state index contributed by atoms with van der Waals surface area (Å²) >= 11 is 6.50. The number of nitrogens with zero attached hydrogens (tertiary/aromatic N) is 2. The summed E-state index contributed by atoms with van der Waals surface area (Å²) in [5.74, 6) is 7.41. The summed E-state index contributed by atoms with van der Waals surface area (Å²) in [6.07, 6.45) is 4.25. The van der Waals surface area contributed by atoms with Gasteiger partial charge < -0.3 is 11.2 Å². The number of fused-ring (bicyclic) bond motifs is 1. The predicted octanol–water partition coefficient (Wildman–Crippen LogP) is 2.78. The molecule has 2 aliphatic rings. The van der Waals surface area contributed by atoms with Gasteiger partial charge in [-0.2, -0.15) is 0 Å². The van der Waals surface area contributed by atoms with Crippen LogP contribution in [0.15, 0.2) is 30.5 Å². The highest BCUT2D eigenvalue weighted by Crippen LogP contribution is 2.40. The maximum absolute atomic E-state index is 6.50. The molecule has 6 heteroatoms. The van der Waals surface area contributed by atoms with E-state index in [-0.39, 0.29) is 0 Å². The van der Waals surface area contributed by atoms with Gasteiger partial charge in [0.2, 0.25) is 0 Å². The number of rotatable bonds is 2. The Balaban J connectivity index is 1.62. The lowest BCUT2D eigenvalue weighted by atomic mass is 10.1. The maximum atomic E-state index is 6.50. The van der Waals surface area contributed by atoms with Crippen LogP contribution in [-0.2, 0) is 0 Å². The first kappa shape index (κ1) is 14.2. The Bertz CT molecular complexity index is 819. The zero-order valence-corrected chi connectivity index (χ0v) is 13.2. The molecule has 1 fully saturated rings. The normalized spacial score (nSPS) is 15.6. The molecule has 1 aromatic carbocycles. The van der Waals surface area contributed by atoms with Gasteiger partial charge in [-0.1, -0.05) is 23.4 Å². The molecule has 116 valence electrons. The molecule has 1 aliphatic heterocycles. The van der Waals surface area contributed by atoms with Gasteiger partial charge in [0.1, 0.15) is 5.82 Å². The minimum absolute atomic E-state index is 0.457. The van der Waals surface area contributed by atoms with Gasteiger partial charge in [-0.25, -0.2) is 4.98 Å². The summed E-state index contributed by atoms with van der Waals surface area (Å²) in [5.41, 5.74) is 15.5. The topological polar surface area (TPSA) is 66.2 Å². The quantitative estimate of drug-likeness (QED) is 0.741. The van der Waals surface area contributed by atoms with Crippen LogP contribution in [0.1, 0.15) is 24.0 Å². The van der Waals surface area contributed by atoms with Crippen molar-refractivity contribution in [2.24, 2.45) is 5.92 Å². The molecule has 1 aliphatic carbocycles. The van der Waals surface area contributed by atoms with Crippen LogP contribution in [-0.4, -0.2) is 11.5 Å². The van der Waals surface area contributed by atoms with Crippen LogP contribution >= 0.6 is 11.6 Å². The summed E-state index contributed by atoms with van der Waals surface area (Å²) < 4.78 is 0. The van der Waals surface area contributed by atoms with Crippen molar-refractivity contribution < 1.29 is 0 Å². The highest BCUT2D eigenvalue weighted by atomic mass is 35.5. The van der Waals surface area contributed by atoms with Crippen molar-refractivity contribution in [2.45, 2.75) is 12.8 Å². The number of nitrogens with one attached hydrogen (secondary N) is 2. The van der Waals surface area contributed by atoms with Gasteiger partial charge in [0.25, 0.3) is 0 Å². The standard InChI is InChI=1S/C17H16ClN5/c18-16-13(4-3-11-7-8-20-15(19)9-11)5-6-14-17(16)21-22-23(14)10-12-1-2-12/h5-9,12,21-22H,1-2,10H2,(H2,19,20). The average molecular weight is 326 g/mol. The van der Waals surface area contributed by atoms with E-state index >= 15 is 0 Å². The van der Waals surface area contributed by atoms with Crippen molar-refractivity contribution in [2.75, 3.05) is 22.7 Å². The zero-order valence-electron chi connectivity index (χ0n) is 12.4. The highest BCUT2D eigenvalue weighted by molar-refractivity contribution is 6.35. The molecule has 0 spiro atoms. The van der Waals surface area contributed by atoms with Gasteiger partial charge in [0, 0.05) is 23.9 Å². The number of anilines is 3. The summed E-state index contributed by atoms with van der Waals surface area (Å²) in [6, 6.07) is 7.56. The van der Waals surface area contributed by atoms with E-state index in [0.29, 0.717) is 10.8 Å². The third kappa shape index (κ3) is 2.91. The van der Waals surface area contributed by atoms with E-state index in [4.69, 9.17) is 17.3 Å². The fraction of sp³-hybridized carbons (Fsp3) is 0.235. The van der Waals surface area contributed by atoms with Crippen molar-refractivity contribution in [1.29, 1.82) is 0 Å². The van der Waals surface area contributed by atoms with E-state index < -0.39 is 0 Å². The molecule has 0 bridgehead atoms. The number of aromatic nitrogens is 1.